The molecule has 118 valence electrons. The summed E-state index contributed by atoms with van der Waals surface area (Å²) in [5.74, 6) is 0.933. The molecule has 0 radical (unpaired) electrons. The number of nitrogens with one attached hydrogen (secondary N) is 1. The van der Waals surface area contributed by atoms with Crippen LogP contribution in [0.15, 0.2) is 0 Å². The highest BCUT2D eigenvalue weighted by Crippen LogP contribution is 2.33. The van der Waals surface area contributed by atoms with Crippen molar-refractivity contribution in [3.05, 3.63) is 0 Å². The minimum atomic E-state index is 0.211. The molecule has 0 bridgehead atoms. The molecule has 0 aromatic heterocycles. The Hall–Kier alpha value is -0.120. The molecule has 0 aliphatic carbocycles. The van der Waals surface area contributed by atoms with Gasteiger partial charge in [-0.05, 0) is 57.9 Å². The SMILES string of the molecule is CCC1CCN(CC2(CNC(C)(C)C)CCOCC2)C1. The molecule has 2 heterocycles. The third-order valence-electron chi connectivity index (χ3n) is 5.05. The van der Waals surface area contributed by atoms with Crippen molar-refractivity contribution in [1.82, 2.24) is 10.2 Å². The molecule has 2 aliphatic heterocycles. The lowest BCUT2D eigenvalue weighted by Crippen LogP contribution is -2.50. The fraction of sp³-hybridized carbons (Fsp3) is 1.00. The van der Waals surface area contributed by atoms with Crippen LogP contribution in [-0.2, 0) is 4.74 Å². The zero-order valence-corrected chi connectivity index (χ0v) is 14.0. The van der Waals surface area contributed by atoms with Crippen LogP contribution in [0.3, 0.4) is 0 Å². The lowest BCUT2D eigenvalue weighted by molar-refractivity contribution is -0.00419. The van der Waals surface area contributed by atoms with Crippen LogP contribution in [0.5, 0.6) is 0 Å². The molecule has 3 heteroatoms. The van der Waals surface area contributed by atoms with E-state index in [9.17, 15) is 0 Å². The average molecular weight is 282 g/mol. The predicted octanol–water partition coefficient (Wildman–Crippen LogP) is 2.90. The van der Waals surface area contributed by atoms with Crippen LogP contribution in [0.1, 0.15) is 53.4 Å². The van der Waals surface area contributed by atoms with Gasteiger partial charge in [-0.15, -0.1) is 0 Å². The maximum absolute atomic E-state index is 5.62. The minimum absolute atomic E-state index is 0.211. The Balaban J connectivity index is 1.92. The fourth-order valence-electron chi connectivity index (χ4n) is 3.51. The first-order valence-corrected chi connectivity index (χ1v) is 8.48. The Morgan fingerprint density at radius 3 is 2.50 bits per heavy atom. The van der Waals surface area contributed by atoms with Crippen LogP contribution in [0.25, 0.3) is 0 Å². The molecule has 20 heavy (non-hydrogen) atoms. The van der Waals surface area contributed by atoms with E-state index in [2.05, 4.69) is 37.9 Å². The van der Waals surface area contributed by atoms with Gasteiger partial charge in [0.15, 0.2) is 0 Å². The molecule has 1 unspecified atom stereocenters. The van der Waals surface area contributed by atoms with E-state index in [0.29, 0.717) is 5.41 Å². The van der Waals surface area contributed by atoms with Crippen LogP contribution in [0.4, 0.5) is 0 Å². The predicted molar refractivity (Wildman–Crippen MR) is 85.1 cm³/mol. The van der Waals surface area contributed by atoms with Gasteiger partial charge < -0.3 is 15.0 Å². The second kappa shape index (κ2) is 6.76. The molecule has 1 atom stereocenters. The van der Waals surface area contributed by atoms with E-state index >= 15 is 0 Å². The Labute approximate surface area is 125 Å². The van der Waals surface area contributed by atoms with Gasteiger partial charge in [0, 0.05) is 38.4 Å². The molecule has 2 aliphatic rings. The highest BCUT2D eigenvalue weighted by atomic mass is 16.5. The van der Waals surface area contributed by atoms with E-state index in [0.717, 1.165) is 25.7 Å². The summed E-state index contributed by atoms with van der Waals surface area (Å²) in [6, 6.07) is 0. The van der Waals surface area contributed by atoms with E-state index in [1.54, 1.807) is 0 Å². The normalized spacial score (nSPS) is 27.9. The quantitative estimate of drug-likeness (QED) is 0.839. The summed E-state index contributed by atoms with van der Waals surface area (Å²) >= 11 is 0. The largest absolute Gasteiger partial charge is 0.381 e. The zero-order valence-electron chi connectivity index (χ0n) is 14.0. The third-order valence-corrected chi connectivity index (χ3v) is 5.05. The van der Waals surface area contributed by atoms with Gasteiger partial charge in [0.05, 0.1) is 0 Å². The molecule has 0 aromatic rings. The summed E-state index contributed by atoms with van der Waals surface area (Å²) in [7, 11) is 0. The standard InChI is InChI=1S/C17H34N2O/c1-5-15-6-9-19(12-15)14-17(7-10-20-11-8-17)13-18-16(2,3)4/h15,18H,5-14H2,1-4H3. The second-order valence-electron chi connectivity index (χ2n) is 8.01. The molecule has 0 saturated carbocycles. The molecule has 0 aromatic carbocycles. The van der Waals surface area contributed by atoms with Crippen molar-refractivity contribution in [2.75, 3.05) is 39.4 Å². The van der Waals surface area contributed by atoms with Crippen LogP contribution in [0.2, 0.25) is 0 Å². The van der Waals surface area contributed by atoms with Crippen molar-refractivity contribution in [2.24, 2.45) is 11.3 Å². The lowest BCUT2D eigenvalue weighted by Gasteiger charge is -2.42. The van der Waals surface area contributed by atoms with Gasteiger partial charge in [-0.1, -0.05) is 13.3 Å². The molecule has 2 saturated heterocycles. The zero-order chi connectivity index (χ0) is 14.6. The molecule has 0 amide bonds. The monoisotopic (exact) mass is 282 g/mol. The van der Waals surface area contributed by atoms with Crippen molar-refractivity contribution >= 4 is 0 Å². The van der Waals surface area contributed by atoms with Crippen LogP contribution in [0, 0.1) is 11.3 Å². The maximum atomic E-state index is 5.62. The molecule has 2 rings (SSSR count). The molecular weight excluding hydrogens is 248 g/mol. The van der Waals surface area contributed by atoms with E-state index in [4.69, 9.17) is 4.74 Å². The van der Waals surface area contributed by atoms with E-state index in [-0.39, 0.29) is 5.54 Å². The van der Waals surface area contributed by atoms with E-state index < -0.39 is 0 Å². The van der Waals surface area contributed by atoms with Crippen molar-refractivity contribution < 1.29 is 4.74 Å². The number of ether oxygens (including phenoxy) is 1. The molecular formula is C17H34N2O. The summed E-state index contributed by atoms with van der Waals surface area (Å²) in [6.45, 7) is 16.0. The topological polar surface area (TPSA) is 24.5 Å². The number of likely N-dealkylation sites (tertiary alicyclic amines) is 1. The second-order valence-corrected chi connectivity index (χ2v) is 8.01. The summed E-state index contributed by atoms with van der Waals surface area (Å²) in [4.78, 5) is 2.71. The van der Waals surface area contributed by atoms with Crippen molar-refractivity contribution in [3.63, 3.8) is 0 Å². The van der Waals surface area contributed by atoms with E-state index in [1.807, 2.05) is 0 Å². The molecule has 3 nitrogen and oxygen atoms in total. The van der Waals surface area contributed by atoms with Crippen LogP contribution in [-0.4, -0.2) is 49.8 Å². The lowest BCUT2D eigenvalue weighted by atomic mass is 9.79. The first-order valence-electron chi connectivity index (χ1n) is 8.48. The van der Waals surface area contributed by atoms with Gasteiger partial charge >= 0.3 is 0 Å². The summed E-state index contributed by atoms with van der Waals surface area (Å²) in [5.41, 5.74) is 0.635. The van der Waals surface area contributed by atoms with E-state index in [1.165, 1.54) is 45.3 Å². The Morgan fingerprint density at radius 1 is 1.25 bits per heavy atom. The van der Waals surface area contributed by atoms with Crippen LogP contribution >= 0.6 is 0 Å². The van der Waals surface area contributed by atoms with Gasteiger partial charge in [0.2, 0.25) is 0 Å². The van der Waals surface area contributed by atoms with Crippen molar-refractivity contribution in [2.45, 2.75) is 58.9 Å². The van der Waals surface area contributed by atoms with Gasteiger partial charge in [-0.2, -0.15) is 0 Å². The number of hydrogen-bond donors (Lipinski definition) is 1. The number of nitrogens with zero attached hydrogens (tertiary/aromatic N) is 1. The molecule has 0 spiro atoms. The maximum Gasteiger partial charge on any atom is 0.0472 e. The minimum Gasteiger partial charge on any atom is -0.381 e. The van der Waals surface area contributed by atoms with Gasteiger partial charge in [-0.25, -0.2) is 0 Å². The van der Waals surface area contributed by atoms with Gasteiger partial charge in [0.25, 0.3) is 0 Å². The Kier molecular flexibility index (Phi) is 5.49. The summed E-state index contributed by atoms with van der Waals surface area (Å²) in [6.07, 6.45) is 5.16. The van der Waals surface area contributed by atoms with Crippen molar-refractivity contribution in [1.29, 1.82) is 0 Å². The molecule has 1 N–H and O–H groups in total. The first kappa shape index (κ1) is 16.3. The summed E-state index contributed by atoms with van der Waals surface area (Å²) in [5, 5.41) is 3.75. The highest BCUT2D eigenvalue weighted by Gasteiger charge is 2.36. The number of hydrogen-bond acceptors (Lipinski definition) is 3. The fourth-order valence-corrected chi connectivity index (χ4v) is 3.51. The first-order chi connectivity index (χ1) is 9.42. The van der Waals surface area contributed by atoms with Gasteiger partial charge in [-0.3, -0.25) is 0 Å². The smallest absolute Gasteiger partial charge is 0.0472 e. The highest BCUT2D eigenvalue weighted by molar-refractivity contribution is 4.91. The third kappa shape index (κ3) is 4.71. The Morgan fingerprint density at radius 2 is 1.95 bits per heavy atom. The Bertz CT molecular complexity index is 292. The average Bonchev–Trinajstić information content (AvgIpc) is 2.84. The molecule has 2 fully saturated rings. The van der Waals surface area contributed by atoms with Gasteiger partial charge in [0.1, 0.15) is 0 Å². The number of rotatable bonds is 5. The van der Waals surface area contributed by atoms with Crippen molar-refractivity contribution in [3.8, 4) is 0 Å². The van der Waals surface area contributed by atoms with Crippen LogP contribution < -0.4 is 5.32 Å². The summed E-state index contributed by atoms with van der Waals surface area (Å²) < 4.78 is 5.62.